The molecule has 0 aliphatic heterocycles. The third-order valence-corrected chi connectivity index (χ3v) is 4.01. The van der Waals surface area contributed by atoms with Gasteiger partial charge in [-0.05, 0) is 42.9 Å². The van der Waals surface area contributed by atoms with Gasteiger partial charge in [0.2, 0.25) is 0 Å². The lowest BCUT2D eigenvalue weighted by molar-refractivity contribution is -0.0202. The molecule has 0 N–H and O–H groups in total. The van der Waals surface area contributed by atoms with Crippen LogP contribution in [0.4, 0.5) is 0 Å². The van der Waals surface area contributed by atoms with Crippen LogP contribution in [0.2, 0.25) is 0 Å². The van der Waals surface area contributed by atoms with Crippen molar-refractivity contribution in [2.75, 3.05) is 13.7 Å². The molecule has 2 rings (SSSR count). The Morgan fingerprint density at radius 2 is 2.23 bits per heavy atom. The van der Waals surface area contributed by atoms with E-state index in [9.17, 15) is 0 Å². The van der Waals surface area contributed by atoms with E-state index in [1.54, 1.807) is 0 Å². The fraction of sp³-hybridized carbons (Fsp3) is 1.00. The Morgan fingerprint density at radius 3 is 3.00 bits per heavy atom. The van der Waals surface area contributed by atoms with Crippen LogP contribution in [0.25, 0.3) is 0 Å². The molecule has 1 nitrogen and oxygen atoms in total. The summed E-state index contributed by atoms with van der Waals surface area (Å²) < 4.78 is 5.41. The van der Waals surface area contributed by atoms with E-state index in [1.165, 1.54) is 38.5 Å². The van der Waals surface area contributed by atoms with Gasteiger partial charge in [-0.25, -0.2) is 0 Å². The van der Waals surface area contributed by atoms with Crippen LogP contribution in [0.1, 0.15) is 45.4 Å². The molecule has 0 saturated heterocycles. The van der Waals surface area contributed by atoms with Gasteiger partial charge in [-0.3, -0.25) is 0 Å². The summed E-state index contributed by atoms with van der Waals surface area (Å²) in [6.45, 7) is 3.43. The number of hydrogen-bond donors (Lipinski definition) is 0. The van der Waals surface area contributed by atoms with Gasteiger partial charge in [-0.1, -0.05) is 19.8 Å². The van der Waals surface area contributed by atoms with Gasteiger partial charge >= 0.3 is 0 Å². The summed E-state index contributed by atoms with van der Waals surface area (Å²) in [7, 11) is 1.86. The van der Waals surface area contributed by atoms with E-state index in [2.05, 4.69) is 6.92 Å². The van der Waals surface area contributed by atoms with Crippen LogP contribution in [0.5, 0.6) is 0 Å². The molecule has 0 heterocycles. The summed E-state index contributed by atoms with van der Waals surface area (Å²) in [6, 6.07) is 0. The maximum atomic E-state index is 5.41. The van der Waals surface area contributed by atoms with Crippen LogP contribution in [-0.4, -0.2) is 13.7 Å². The first-order chi connectivity index (χ1) is 6.24. The molecule has 3 atom stereocenters. The highest BCUT2D eigenvalue weighted by molar-refractivity contribution is 4.92. The van der Waals surface area contributed by atoms with E-state index >= 15 is 0 Å². The lowest BCUT2D eigenvalue weighted by Crippen LogP contribution is -2.39. The molecule has 2 saturated carbocycles. The number of ether oxygens (including phenoxy) is 1. The topological polar surface area (TPSA) is 9.23 Å². The standard InChI is InChI=1S/C12H22O/c1-10-6-11-4-3-5-12(7-10,8-11)9-13-2/h10-11H,3-9H2,1-2H3. The Balaban J connectivity index is 2.06. The molecule has 2 fully saturated rings. The number of hydrogen-bond acceptors (Lipinski definition) is 1. The average molecular weight is 182 g/mol. The van der Waals surface area contributed by atoms with Crippen LogP contribution in [0, 0.1) is 17.3 Å². The predicted molar refractivity (Wildman–Crippen MR) is 54.7 cm³/mol. The summed E-state index contributed by atoms with van der Waals surface area (Å²) in [4.78, 5) is 0. The molecule has 2 aliphatic rings. The predicted octanol–water partition coefficient (Wildman–Crippen LogP) is 3.24. The lowest BCUT2D eigenvalue weighted by Gasteiger charge is -2.47. The number of methoxy groups -OCH3 is 1. The fourth-order valence-corrected chi connectivity index (χ4v) is 3.86. The van der Waals surface area contributed by atoms with Crippen molar-refractivity contribution in [2.24, 2.45) is 17.3 Å². The highest BCUT2D eigenvalue weighted by Gasteiger charge is 2.41. The summed E-state index contributed by atoms with van der Waals surface area (Å²) in [5.74, 6) is 1.96. The molecule has 0 aromatic heterocycles. The smallest absolute Gasteiger partial charge is 0.0518 e. The largest absolute Gasteiger partial charge is 0.384 e. The summed E-state index contributed by atoms with van der Waals surface area (Å²) >= 11 is 0. The quantitative estimate of drug-likeness (QED) is 0.637. The van der Waals surface area contributed by atoms with E-state index in [-0.39, 0.29) is 0 Å². The van der Waals surface area contributed by atoms with Gasteiger partial charge in [-0.15, -0.1) is 0 Å². The second-order valence-corrected chi connectivity index (χ2v) is 5.44. The van der Waals surface area contributed by atoms with E-state index in [1.807, 2.05) is 7.11 Å². The zero-order valence-electron chi connectivity index (χ0n) is 9.01. The van der Waals surface area contributed by atoms with Crippen LogP contribution in [0.3, 0.4) is 0 Å². The Hall–Kier alpha value is -0.0400. The molecular formula is C12H22O. The molecule has 76 valence electrons. The minimum atomic E-state index is 0.579. The molecule has 0 aromatic carbocycles. The molecule has 0 aromatic rings. The van der Waals surface area contributed by atoms with E-state index in [0.717, 1.165) is 18.4 Å². The molecule has 0 radical (unpaired) electrons. The van der Waals surface area contributed by atoms with E-state index < -0.39 is 0 Å². The van der Waals surface area contributed by atoms with Gasteiger partial charge in [-0.2, -0.15) is 0 Å². The maximum Gasteiger partial charge on any atom is 0.0518 e. The Kier molecular flexibility index (Phi) is 2.64. The van der Waals surface area contributed by atoms with Crippen molar-refractivity contribution in [2.45, 2.75) is 45.4 Å². The summed E-state index contributed by atoms with van der Waals surface area (Å²) in [5, 5.41) is 0. The monoisotopic (exact) mass is 182 g/mol. The highest BCUT2D eigenvalue weighted by Crippen LogP contribution is 2.50. The molecule has 2 aliphatic carbocycles. The third kappa shape index (κ3) is 1.90. The molecule has 2 bridgehead atoms. The van der Waals surface area contributed by atoms with Gasteiger partial charge < -0.3 is 4.74 Å². The molecular weight excluding hydrogens is 160 g/mol. The maximum absolute atomic E-state index is 5.41. The second kappa shape index (κ2) is 3.61. The highest BCUT2D eigenvalue weighted by atomic mass is 16.5. The Labute approximate surface area is 81.9 Å². The lowest BCUT2D eigenvalue weighted by atomic mass is 9.59. The Morgan fingerprint density at radius 1 is 1.38 bits per heavy atom. The Bertz CT molecular complexity index is 170. The summed E-state index contributed by atoms with van der Waals surface area (Å²) in [5.41, 5.74) is 0.579. The van der Waals surface area contributed by atoms with Crippen molar-refractivity contribution < 1.29 is 4.74 Å². The fourth-order valence-electron chi connectivity index (χ4n) is 3.86. The minimum Gasteiger partial charge on any atom is -0.384 e. The molecule has 1 heteroatoms. The number of fused-ring (bicyclic) bond motifs is 2. The van der Waals surface area contributed by atoms with Crippen molar-refractivity contribution in [3.63, 3.8) is 0 Å². The molecule has 13 heavy (non-hydrogen) atoms. The van der Waals surface area contributed by atoms with Crippen LogP contribution in [0.15, 0.2) is 0 Å². The molecule has 3 unspecified atom stereocenters. The van der Waals surface area contributed by atoms with E-state index in [0.29, 0.717) is 5.41 Å². The van der Waals surface area contributed by atoms with Crippen LogP contribution < -0.4 is 0 Å². The van der Waals surface area contributed by atoms with Gasteiger partial charge in [0.25, 0.3) is 0 Å². The van der Waals surface area contributed by atoms with Gasteiger partial charge in [0.1, 0.15) is 0 Å². The first-order valence-electron chi connectivity index (χ1n) is 5.73. The van der Waals surface area contributed by atoms with Crippen molar-refractivity contribution in [3.05, 3.63) is 0 Å². The zero-order chi connectivity index (χ0) is 9.31. The van der Waals surface area contributed by atoms with Crippen molar-refractivity contribution in [1.82, 2.24) is 0 Å². The van der Waals surface area contributed by atoms with Gasteiger partial charge in [0.15, 0.2) is 0 Å². The van der Waals surface area contributed by atoms with Gasteiger partial charge in [0.05, 0.1) is 6.61 Å². The molecule has 0 spiro atoms. The normalized spacial score (nSPS) is 44.8. The second-order valence-electron chi connectivity index (χ2n) is 5.44. The van der Waals surface area contributed by atoms with Crippen LogP contribution >= 0.6 is 0 Å². The summed E-state index contributed by atoms with van der Waals surface area (Å²) in [6.07, 6.45) is 8.69. The first kappa shape index (κ1) is 9.51. The SMILES string of the molecule is COCC12CCCC(CC(C)C1)C2. The number of rotatable bonds is 2. The van der Waals surface area contributed by atoms with Crippen molar-refractivity contribution in [1.29, 1.82) is 0 Å². The third-order valence-electron chi connectivity index (χ3n) is 4.01. The zero-order valence-corrected chi connectivity index (χ0v) is 9.01. The van der Waals surface area contributed by atoms with Crippen molar-refractivity contribution >= 4 is 0 Å². The van der Waals surface area contributed by atoms with Crippen molar-refractivity contribution in [3.8, 4) is 0 Å². The van der Waals surface area contributed by atoms with Gasteiger partial charge in [0, 0.05) is 7.11 Å². The molecule has 0 amide bonds. The van der Waals surface area contributed by atoms with Crippen LogP contribution in [-0.2, 0) is 4.74 Å². The average Bonchev–Trinajstić information content (AvgIpc) is 2.02. The van der Waals surface area contributed by atoms with E-state index in [4.69, 9.17) is 4.74 Å². The minimum absolute atomic E-state index is 0.579. The first-order valence-corrected chi connectivity index (χ1v) is 5.73.